The highest BCUT2D eigenvalue weighted by Crippen LogP contribution is 2.65. The third kappa shape index (κ3) is 3.96. The highest BCUT2D eigenvalue weighted by molar-refractivity contribution is 7.92. The normalized spacial score (nSPS) is 19.5. The van der Waals surface area contributed by atoms with Gasteiger partial charge in [0.15, 0.2) is 15.3 Å². The van der Waals surface area contributed by atoms with Crippen molar-refractivity contribution in [2.75, 3.05) is 13.2 Å². The van der Waals surface area contributed by atoms with Crippen LogP contribution in [0.15, 0.2) is 53.4 Å². The van der Waals surface area contributed by atoms with Gasteiger partial charge in [0, 0.05) is 10.9 Å². The molecule has 0 spiro atoms. The van der Waals surface area contributed by atoms with Gasteiger partial charge < -0.3 is 9.47 Å². The fraction of sp³-hybridized carbons (Fsp3) is 0.391. The van der Waals surface area contributed by atoms with Gasteiger partial charge in [-0.15, -0.1) is 0 Å². The van der Waals surface area contributed by atoms with Crippen LogP contribution < -0.4 is 0 Å². The molecule has 8 heteroatoms. The van der Waals surface area contributed by atoms with E-state index in [1.807, 2.05) is 19.1 Å². The molecule has 31 heavy (non-hydrogen) atoms. The number of sulfone groups is 1. The largest absolute Gasteiger partial charge is 0.465 e. The van der Waals surface area contributed by atoms with Crippen molar-refractivity contribution in [2.24, 2.45) is 5.41 Å². The molecule has 0 saturated heterocycles. The van der Waals surface area contributed by atoms with Crippen LogP contribution in [0.4, 0.5) is 0 Å². The maximum absolute atomic E-state index is 13.6. The summed E-state index contributed by atoms with van der Waals surface area (Å²) < 4.78 is 37.6. The Labute approximate surface area is 187 Å². The number of carbonyl (C=O) groups is 2. The lowest BCUT2D eigenvalue weighted by atomic mass is 9.98. The average Bonchev–Trinajstić information content (AvgIpc) is 3.47. The molecule has 3 rings (SSSR count). The zero-order valence-electron chi connectivity index (χ0n) is 17.6. The predicted molar refractivity (Wildman–Crippen MR) is 117 cm³/mol. The Hall–Kier alpha value is -2.38. The second kappa shape index (κ2) is 9.01. The fourth-order valence-corrected chi connectivity index (χ4v) is 6.43. The van der Waals surface area contributed by atoms with Crippen LogP contribution in [-0.4, -0.2) is 38.8 Å². The summed E-state index contributed by atoms with van der Waals surface area (Å²) in [5.74, 6) is -2.70. The van der Waals surface area contributed by atoms with Gasteiger partial charge in [0.1, 0.15) is 5.25 Å². The monoisotopic (exact) mass is 464 g/mol. The SMILES string of the molecule is CCOC(=O)C1(C(=O)OCC)C(c2ccc(CC)cc2)C1S(=O)(=O)c1ccc(Cl)cc1. The minimum absolute atomic E-state index is 0.00912. The molecule has 1 aliphatic carbocycles. The lowest BCUT2D eigenvalue weighted by molar-refractivity contribution is -0.164. The zero-order chi connectivity index (χ0) is 22.8. The van der Waals surface area contributed by atoms with Crippen LogP contribution in [0.25, 0.3) is 0 Å². The summed E-state index contributed by atoms with van der Waals surface area (Å²) in [6, 6.07) is 12.9. The molecular weight excluding hydrogens is 440 g/mol. The number of esters is 2. The van der Waals surface area contributed by atoms with Gasteiger partial charge in [-0.2, -0.15) is 0 Å². The molecule has 2 aromatic rings. The molecule has 2 unspecified atom stereocenters. The van der Waals surface area contributed by atoms with Crippen molar-refractivity contribution in [1.82, 2.24) is 0 Å². The molecule has 0 N–H and O–H groups in total. The molecule has 0 amide bonds. The Balaban J connectivity index is 2.18. The van der Waals surface area contributed by atoms with Crippen molar-refractivity contribution in [2.45, 2.75) is 43.3 Å². The summed E-state index contributed by atoms with van der Waals surface area (Å²) in [6.07, 6.45) is 0.804. The van der Waals surface area contributed by atoms with Crippen molar-refractivity contribution in [1.29, 1.82) is 0 Å². The van der Waals surface area contributed by atoms with Gasteiger partial charge in [-0.05, 0) is 55.7 Å². The number of ether oxygens (including phenoxy) is 2. The van der Waals surface area contributed by atoms with Crippen molar-refractivity contribution < 1.29 is 27.5 Å². The Bertz CT molecular complexity index is 1040. The van der Waals surface area contributed by atoms with Gasteiger partial charge in [0.2, 0.25) is 0 Å². The van der Waals surface area contributed by atoms with Crippen LogP contribution in [0.2, 0.25) is 5.02 Å². The van der Waals surface area contributed by atoms with E-state index in [-0.39, 0.29) is 18.1 Å². The third-order valence-electron chi connectivity index (χ3n) is 5.58. The summed E-state index contributed by atoms with van der Waals surface area (Å²) in [4.78, 5) is 26.1. The first-order valence-corrected chi connectivity index (χ1v) is 12.1. The minimum atomic E-state index is -4.09. The van der Waals surface area contributed by atoms with Crippen molar-refractivity contribution in [3.63, 3.8) is 0 Å². The average molecular weight is 465 g/mol. The molecule has 166 valence electrons. The minimum Gasteiger partial charge on any atom is -0.465 e. The van der Waals surface area contributed by atoms with Gasteiger partial charge in [-0.3, -0.25) is 9.59 Å². The van der Waals surface area contributed by atoms with Gasteiger partial charge in [0.05, 0.1) is 18.1 Å². The van der Waals surface area contributed by atoms with Gasteiger partial charge >= 0.3 is 11.9 Å². The van der Waals surface area contributed by atoms with Gasteiger partial charge in [-0.25, -0.2) is 8.42 Å². The lowest BCUT2D eigenvalue weighted by Gasteiger charge is -2.15. The molecule has 6 nitrogen and oxygen atoms in total. The summed E-state index contributed by atoms with van der Waals surface area (Å²) in [6.45, 7) is 5.23. The third-order valence-corrected chi connectivity index (χ3v) is 8.08. The van der Waals surface area contributed by atoms with Crippen LogP contribution in [-0.2, 0) is 35.3 Å². The van der Waals surface area contributed by atoms with E-state index in [1.165, 1.54) is 24.3 Å². The molecule has 2 atom stereocenters. The Morgan fingerprint density at radius 2 is 1.42 bits per heavy atom. The highest BCUT2D eigenvalue weighted by Gasteiger charge is 2.81. The first kappa shape index (κ1) is 23.3. The number of hydrogen-bond acceptors (Lipinski definition) is 6. The van der Waals surface area contributed by atoms with Crippen LogP contribution in [0.5, 0.6) is 0 Å². The van der Waals surface area contributed by atoms with E-state index >= 15 is 0 Å². The van der Waals surface area contributed by atoms with E-state index in [1.54, 1.807) is 26.0 Å². The number of hydrogen-bond donors (Lipinski definition) is 0. The van der Waals surface area contributed by atoms with E-state index in [0.29, 0.717) is 10.6 Å². The van der Waals surface area contributed by atoms with Crippen LogP contribution in [0, 0.1) is 5.41 Å². The number of carbonyl (C=O) groups excluding carboxylic acids is 2. The number of halogens is 1. The molecule has 0 heterocycles. The molecule has 0 bridgehead atoms. The fourth-order valence-electron chi connectivity index (χ4n) is 4.02. The first-order valence-electron chi connectivity index (χ1n) is 10.2. The van der Waals surface area contributed by atoms with Gasteiger partial charge in [0.25, 0.3) is 0 Å². The van der Waals surface area contributed by atoms with Gasteiger partial charge in [-0.1, -0.05) is 42.8 Å². The maximum atomic E-state index is 13.6. The second-order valence-corrected chi connectivity index (χ2v) is 9.81. The Kier molecular flexibility index (Phi) is 6.76. The molecule has 1 fully saturated rings. The van der Waals surface area contributed by atoms with Crippen molar-refractivity contribution in [3.05, 3.63) is 64.7 Å². The van der Waals surface area contributed by atoms with E-state index in [9.17, 15) is 18.0 Å². The zero-order valence-corrected chi connectivity index (χ0v) is 19.2. The first-order chi connectivity index (χ1) is 14.7. The number of rotatable bonds is 8. The van der Waals surface area contributed by atoms with Crippen LogP contribution in [0.1, 0.15) is 37.8 Å². The molecule has 2 aromatic carbocycles. The number of benzene rings is 2. The van der Waals surface area contributed by atoms with Crippen LogP contribution >= 0.6 is 11.6 Å². The second-order valence-electron chi connectivity index (χ2n) is 7.30. The highest BCUT2D eigenvalue weighted by atomic mass is 35.5. The topological polar surface area (TPSA) is 86.7 Å². The van der Waals surface area contributed by atoms with Crippen LogP contribution in [0.3, 0.4) is 0 Å². The summed E-state index contributed by atoms with van der Waals surface area (Å²) in [5, 5.41) is -0.963. The molecule has 0 aromatic heterocycles. The maximum Gasteiger partial charge on any atom is 0.325 e. The van der Waals surface area contributed by atoms with Crippen molar-refractivity contribution >= 4 is 33.4 Å². The quantitative estimate of drug-likeness (QED) is 0.434. The molecule has 1 saturated carbocycles. The standard InChI is InChI=1S/C23H25ClO6S/c1-4-15-7-9-16(10-8-15)19-20(31(27,28)18-13-11-17(24)12-14-18)23(19,21(25)29-5-2)22(26)30-6-3/h7-14,19-20H,4-6H2,1-3H3. The molecule has 1 aliphatic rings. The lowest BCUT2D eigenvalue weighted by Crippen LogP contribution is -2.35. The summed E-state index contributed by atoms with van der Waals surface area (Å²) >= 11 is 5.91. The summed E-state index contributed by atoms with van der Waals surface area (Å²) in [5.41, 5.74) is -0.335. The Morgan fingerprint density at radius 3 is 1.87 bits per heavy atom. The number of aryl methyl sites for hydroxylation is 1. The molecule has 0 radical (unpaired) electrons. The Morgan fingerprint density at radius 1 is 0.903 bits per heavy atom. The summed E-state index contributed by atoms with van der Waals surface area (Å²) in [7, 11) is -4.09. The van der Waals surface area contributed by atoms with E-state index in [4.69, 9.17) is 21.1 Å². The molecular formula is C23H25ClO6S. The predicted octanol–water partition coefficient (Wildman–Crippen LogP) is 3.95. The van der Waals surface area contributed by atoms with E-state index in [2.05, 4.69) is 0 Å². The molecule has 0 aliphatic heterocycles. The smallest absolute Gasteiger partial charge is 0.325 e. The van der Waals surface area contributed by atoms with E-state index < -0.39 is 38.4 Å². The van der Waals surface area contributed by atoms with Crippen molar-refractivity contribution in [3.8, 4) is 0 Å². The van der Waals surface area contributed by atoms with E-state index in [0.717, 1.165) is 12.0 Å².